The number of hydrogen-bond acceptors (Lipinski definition) is 5. The molecule has 0 spiro atoms. The monoisotopic (exact) mass is 424 g/mol. The molecule has 9 heteroatoms. The molecule has 152 valence electrons. The molecule has 2 aromatic heterocycles. The maximum Gasteiger partial charge on any atom is 0.275 e. The van der Waals surface area contributed by atoms with Gasteiger partial charge in [-0.25, -0.2) is 19.0 Å². The van der Waals surface area contributed by atoms with Crippen molar-refractivity contribution in [1.29, 1.82) is 0 Å². The summed E-state index contributed by atoms with van der Waals surface area (Å²) in [6.45, 7) is 1.95. The molecule has 0 aliphatic carbocycles. The largest absolute Gasteiger partial charge is 0.356 e. The molecule has 1 atom stereocenters. The lowest BCUT2D eigenvalue weighted by molar-refractivity contribution is 0.101. The molecule has 30 heavy (non-hydrogen) atoms. The Morgan fingerprint density at radius 3 is 2.93 bits per heavy atom. The second-order valence-electron chi connectivity index (χ2n) is 7.14. The first-order valence-electron chi connectivity index (χ1n) is 9.59. The maximum atomic E-state index is 13.9. The number of imidazole rings is 1. The minimum Gasteiger partial charge on any atom is -0.356 e. The molecule has 4 heterocycles. The number of rotatable bonds is 4. The molecule has 0 saturated carbocycles. The van der Waals surface area contributed by atoms with Crippen LogP contribution in [0.25, 0.3) is 6.08 Å². The van der Waals surface area contributed by atoms with E-state index in [9.17, 15) is 9.18 Å². The van der Waals surface area contributed by atoms with Crippen LogP contribution in [-0.4, -0.2) is 33.6 Å². The SMILES string of the molecule is O=C(Nc1ccnc(N2CCC2)c1)c1cnc2n1NC(c1cccc(F)c1Cl)C=C2. The van der Waals surface area contributed by atoms with Crippen molar-refractivity contribution >= 4 is 35.1 Å². The van der Waals surface area contributed by atoms with Gasteiger partial charge in [-0.15, -0.1) is 0 Å². The van der Waals surface area contributed by atoms with Crippen LogP contribution in [0.1, 0.15) is 34.3 Å². The number of nitrogens with one attached hydrogen (secondary N) is 2. The number of anilines is 2. The highest BCUT2D eigenvalue weighted by Crippen LogP contribution is 2.30. The van der Waals surface area contributed by atoms with Crippen LogP contribution in [0.2, 0.25) is 5.02 Å². The van der Waals surface area contributed by atoms with Gasteiger partial charge in [-0.05, 0) is 24.6 Å². The Labute approximate surface area is 177 Å². The normalized spacial score (nSPS) is 17.1. The Kier molecular flexibility index (Phi) is 4.63. The Bertz CT molecular complexity index is 1160. The van der Waals surface area contributed by atoms with Gasteiger partial charge >= 0.3 is 0 Å². The fraction of sp³-hybridized carbons (Fsp3) is 0.190. The molecular weight excluding hydrogens is 407 g/mol. The Morgan fingerprint density at radius 2 is 2.13 bits per heavy atom. The van der Waals surface area contributed by atoms with E-state index in [1.165, 1.54) is 12.3 Å². The molecule has 0 radical (unpaired) electrons. The number of aromatic nitrogens is 3. The Hall–Kier alpha value is -3.39. The van der Waals surface area contributed by atoms with Gasteiger partial charge in [0.25, 0.3) is 5.91 Å². The molecule has 3 aromatic rings. The first kappa shape index (κ1) is 18.6. The third kappa shape index (κ3) is 3.29. The molecule has 2 aliphatic rings. The van der Waals surface area contributed by atoms with Gasteiger partial charge in [-0.2, -0.15) is 0 Å². The third-order valence-corrected chi connectivity index (χ3v) is 5.63. The van der Waals surface area contributed by atoms with Crippen molar-refractivity contribution in [3.8, 4) is 0 Å². The van der Waals surface area contributed by atoms with Gasteiger partial charge in [-0.3, -0.25) is 4.79 Å². The molecule has 1 fully saturated rings. The smallest absolute Gasteiger partial charge is 0.275 e. The van der Waals surface area contributed by atoms with Crippen LogP contribution in [0.15, 0.2) is 48.8 Å². The van der Waals surface area contributed by atoms with E-state index in [2.05, 4.69) is 25.6 Å². The molecule has 0 bridgehead atoms. The van der Waals surface area contributed by atoms with Gasteiger partial charge < -0.3 is 15.6 Å². The fourth-order valence-corrected chi connectivity index (χ4v) is 3.73. The van der Waals surface area contributed by atoms with Crippen LogP contribution in [-0.2, 0) is 0 Å². The zero-order valence-corrected chi connectivity index (χ0v) is 16.6. The predicted molar refractivity (Wildman–Crippen MR) is 114 cm³/mol. The molecule has 1 unspecified atom stereocenters. The highest BCUT2D eigenvalue weighted by molar-refractivity contribution is 6.31. The van der Waals surface area contributed by atoms with Crippen LogP contribution >= 0.6 is 11.6 Å². The average molecular weight is 425 g/mol. The lowest BCUT2D eigenvalue weighted by Gasteiger charge is -2.32. The Morgan fingerprint density at radius 1 is 1.27 bits per heavy atom. The molecule has 2 N–H and O–H groups in total. The van der Waals surface area contributed by atoms with Gasteiger partial charge in [-0.1, -0.05) is 29.8 Å². The minimum atomic E-state index is -0.491. The summed E-state index contributed by atoms with van der Waals surface area (Å²) < 4.78 is 15.4. The molecule has 1 amide bonds. The number of amides is 1. The molecular formula is C21H18ClFN6O. The zero-order chi connectivity index (χ0) is 20.7. The van der Waals surface area contributed by atoms with Gasteiger partial charge in [0.05, 0.1) is 17.3 Å². The lowest BCUT2D eigenvalue weighted by Crippen LogP contribution is -2.37. The highest BCUT2D eigenvalue weighted by atomic mass is 35.5. The number of fused-ring (bicyclic) bond motifs is 1. The first-order chi connectivity index (χ1) is 14.6. The van der Waals surface area contributed by atoms with E-state index in [0.29, 0.717) is 22.8 Å². The average Bonchev–Trinajstić information content (AvgIpc) is 3.12. The highest BCUT2D eigenvalue weighted by Gasteiger charge is 2.24. The van der Waals surface area contributed by atoms with Crippen molar-refractivity contribution in [2.24, 2.45) is 0 Å². The maximum absolute atomic E-state index is 13.9. The fourth-order valence-electron chi connectivity index (χ4n) is 3.49. The second kappa shape index (κ2) is 7.46. The topological polar surface area (TPSA) is 75.1 Å². The van der Waals surface area contributed by atoms with Gasteiger partial charge in [0.15, 0.2) is 5.82 Å². The number of benzene rings is 1. The zero-order valence-electron chi connectivity index (χ0n) is 15.8. The van der Waals surface area contributed by atoms with E-state index < -0.39 is 11.9 Å². The number of carbonyl (C=O) groups excluding carboxylic acids is 1. The van der Waals surface area contributed by atoms with Gasteiger partial charge in [0.2, 0.25) is 0 Å². The summed E-state index contributed by atoms with van der Waals surface area (Å²) in [6.07, 6.45) is 7.92. The summed E-state index contributed by atoms with van der Waals surface area (Å²) in [5.74, 6) is 0.604. The molecule has 1 saturated heterocycles. The summed E-state index contributed by atoms with van der Waals surface area (Å²) in [6, 6.07) is 7.85. The summed E-state index contributed by atoms with van der Waals surface area (Å²) >= 11 is 6.13. The van der Waals surface area contributed by atoms with E-state index in [4.69, 9.17) is 11.6 Å². The number of nitrogens with zero attached hydrogens (tertiary/aromatic N) is 4. The molecule has 1 aromatic carbocycles. The van der Waals surface area contributed by atoms with E-state index in [-0.39, 0.29) is 10.9 Å². The van der Waals surface area contributed by atoms with E-state index in [1.807, 2.05) is 12.1 Å². The number of halogens is 2. The van der Waals surface area contributed by atoms with Crippen LogP contribution in [0, 0.1) is 5.82 Å². The predicted octanol–water partition coefficient (Wildman–Crippen LogP) is 3.84. The van der Waals surface area contributed by atoms with Crippen LogP contribution in [0.5, 0.6) is 0 Å². The molecule has 2 aliphatic heterocycles. The third-order valence-electron chi connectivity index (χ3n) is 5.23. The Balaban J connectivity index is 1.38. The summed E-state index contributed by atoms with van der Waals surface area (Å²) in [5.41, 5.74) is 4.74. The van der Waals surface area contributed by atoms with Gasteiger partial charge in [0.1, 0.15) is 17.3 Å². The molecule has 7 nitrogen and oxygen atoms in total. The van der Waals surface area contributed by atoms with E-state index in [0.717, 1.165) is 25.3 Å². The standard InChI is InChI=1S/C21H18ClFN6O/c22-20-14(3-1-4-15(20)23)16-5-6-18-25-12-17(29(18)27-16)21(30)26-13-7-8-24-19(11-13)28-9-2-10-28/h1,3-8,11-12,16,27H,2,9-10H2,(H,24,26,30). The second-order valence-corrected chi connectivity index (χ2v) is 7.52. The van der Waals surface area contributed by atoms with Crippen LogP contribution in [0.3, 0.4) is 0 Å². The number of carbonyl (C=O) groups is 1. The van der Waals surface area contributed by atoms with Crippen molar-refractivity contribution < 1.29 is 9.18 Å². The number of hydrogen-bond donors (Lipinski definition) is 2. The summed E-state index contributed by atoms with van der Waals surface area (Å²) in [7, 11) is 0. The van der Waals surface area contributed by atoms with Crippen molar-refractivity contribution in [3.05, 3.63) is 76.7 Å². The van der Waals surface area contributed by atoms with Crippen LogP contribution in [0.4, 0.5) is 15.9 Å². The van der Waals surface area contributed by atoms with E-state index in [1.54, 1.807) is 35.1 Å². The minimum absolute atomic E-state index is 0.0459. The van der Waals surface area contributed by atoms with Gasteiger partial charge in [0, 0.05) is 36.6 Å². The first-order valence-corrected chi connectivity index (χ1v) is 9.97. The quantitative estimate of drug-likeness (QED) is 0.665. The van der Waals surface area contributed by atoms with Crippen LogP contribution < -0.4 is 15.6 Å². The van der Waals surface area contributed by atoms with Crippen molar-refractivity contribution in [2.75, 3.05) is 28.7 Å². The van der Waals surface area contributed by atoms with Crippen molar-refractivity contribution in [2.45, 2.75) is 12.5 Å². The van der Waals surface area contributed by atoms with E-state index >= 15 is 0 Å². The summed E-state index contributed by atoms with van der Waals surface area (Å²) in [5, 5.41) is 2.94. The van der Waals surface area contributed by atoms with Crippen molar-refractivity contribution in [3.63, 3.8) is 0 Å². The molecule has 5 rings (SSSR count). The number of pyridine rings is 1. The summed E-state index contributed by atoms with van der Waals surface area (Å²) in [4.78, 5) is 23.7. The van der Waals surface area contributed by atoms with Crippen molar-refractivity contribution in [1.82, 2.24) is 14.6 Å². The lowest BCUT2D eigenvalue weighted by atomic mass is 10.1.